The Hall–Kier alpha value is -1.88. The lowest BCUT2D eigenvalue weighted by molar-refractivity contribution is -0.138. The summed E-state index contributed by atoms with van der Waals surface area (Å²) < 4.78 is 5.01. The van der Waals surface area contributed by atoms with Crippen molar-refractivity contribution in [3.63, 3.8) is 0 Å². The smallest absolute Gasteiger partial charge is 0.333 e. The number of pyridine rings is 1. The predicted octanol–water partition coefficient (Wildman–Crippen LogP) is 4.11. The number of ether oxygens (including phenoxy) is 1. The highest BCUT2D eigenvalue weighted by atomic mass is 16.5. The zero-order chi connectivity index (χ0) is 19.1. The van der Waals surface area contributed by atoms with E-state index >= 15 is 0 Å². The van der Waals surface area contributed by atoms with E-state index < -0.39 is 0 Å². The molecule has 1 saturated carbocycles. The maximum absolute atomic E-state index is 11.7. The minimum absolute atomic E-state index is 0.274. The van der Waals surface area contributed by atoms with E-state index in [9.17, 15) is 4.79 Å². The minimum atomic E-state index is -0.274. The van der Waals surface area contributed by atoms with E-state index in [4.69, 9.17) is 4.74 Å². The molecule has 0 spiro atoms. The number of esters is 1. The van der Waals surface area contributed by atoms with Crippen molar-refractivity contribution in [2.75, 3.05) is 31.6 Å². The first-order valence-corrected chi connectivity index (χ1v) is 10.4. The second-order valence-corrected chi connectivity index (χ2v) is 7.92. The van der Waals surface area contributed by atoms with Gasteiger partial charge in [0, 0.05) is 37.4 Å². The van der Waals surface area contributed by atoms with Crippen molar-refractivity contribution < 1.29 is 9.53 Å². The highest BCUT2D eigenvalue weighted by Gasteiger charge is 2.25. The largest absolute Gasteiger partial charge is 0.463 e. The number of rotatable bonds is 7. The fraction of sp³-hybridized carbons (Fsp3) is 0.636. The van der Waals surface area contributed by atoms with Crippen LogP contribution in [0.1, 0.15) is 57.9 Å². The number of aromatic nitrogens is 1. The number of carbonyl (C=O) groups excluding carboxylic acids is 1. The normalized spacial score (nSPS) is 22.0. The van der Waals surface area contributed by atoms with E-state index in [1.165, 1.54) is 51.6 Å². The van der Waals surface area contributed by atoms with Gasteiger partial charge in [0.1, 0.15) is 5.82 Å². The summed E-state index contributed by atoms with van der Waals surface area (Å²) in [6, 6.07) is 4.46. The van der Waals surface area contributed by atoms with Gasteiger partial charge in [-0.2, -0.15) is 0 Å². The average Bonchev–Trinajstić information content (AvgIpc) is 3.11. The lowest BCUT2D eigenvalue weighted by Crippen LogP contribution is -2.31. The summed E-state index contributed by atoms with van der Waals surface area (Å²) in [6.45, 7) is 7.54. The van der Waals surface area contributed by atoms with E-state index in [0.29, 0.717) is 18.2 Å². The van der Waals surface area contributed by atoms with Crippen molar-refractivity contribution in [2.45, 2.75) is 58.4 Å². The maximum Gasteiger partial charge on any atom is 0.333 e. The Kier molecular flexibility index (Phi) is 7.27. The molecule has 1 atom stereocenters. The van der Waals surface area contributed by atoms with E-state index in [0.717, 1.165) is 23.8 Å². The molecule has 0 aromatic carbocycles. The number of hydrogen-bond donors (Lipinski definition) is 1. The molecule has 1 aliphatic carbocycles. The average molecular weight is 372 g/mol. The second-order valence-electron chi connectivity index (χ2n) is 7.92. The summed E-state index contributed by atoms with van der Waals surface area (Å²) in [4.78, 5) is 18.8. The van der Waals surface area contributed by atoms with Crippen LogP contribution < -0.4 is 5.32 Å². The fourth-order valence-corrected chi connectivity index (χ4v) is 4.19. The number of likely N-dealkylation sites (tertiary alicyclic amines) is 1. The SMILES string of the molecule is CCOC(=O)C(C)=Cc1ccc(N[C@@H]2CCN(CC3CCCCC3)C2)nc1. The topological polar surface area (TPSA) is 54.5 Å². The summed E-state index contributed by atoms with van der Waals surface area (Å²) in [7, 11) is 0. The third kappa shape index (κ3) is 6.06. The van der Waals surface area contributed by atoms with Crippen LogP contribution in [0, 0.1) is 5.92 Å². The third-order valence-corrected chi connectivity index (χ3v) is 5.63. The van der Waals surface area contributed by atoms with Gasteiger partial charge in [-0.05, 0) is 62.8 Å². The van der Waals surface area contributed by atoms with Crippen molar-refractivity contribution in [2.24, 2.45) is 5.92 Å². The maximum atomic E-state index is 11.7. The van der Waals surface area contributed by atoms with Gasteiger partial charge in [0.25, 0.3) is 0 Å². The Balaban J connectivity index is 1.47. The van der Waals surface area contributed by atoms with E-state index in [2.05, 4.69) is 15.2 Å². The molecule has 1 aliphatic heterocycles. The van der Waals surface area contributed by atoms with Crippen molar-refractivity contribution in [3.05, 3.63) is 29.5 Å². The van der Waals surface area contributed by atoms with Crippen LogP contribution in [0.15, 0.2) is 23.9 Å². The second kappa shape index (κ2) is 9.88. The minimum Gasteiger partial charge on any atom is -0.463 e. The summed E-state index contributed by atoms with van der Waals surface area (Å²) in [5, 5.41) is 3.57. The molecule has 27 heavy (non-hydrogen) atoms. The molecule has 0 unspecified atom stereocenters. The van der Waals surface area contributed by atoms with Crippen LogP contribution in [-0.4, -0.2) is 48.1 Å². The Morgan fingerprint density at radius 3 is 2.81 bits per heavy atom. The molecule has 148 valence electrons. The molecule has 1 aromatic heterocycles. The molecule has 0 amide bonds. The van der Waals surface area contributed by atoms with Gasteiger partial charge in [0.05, 0.1) is 6.61 Å². The van der Waals surface area contributed by atoms with Gasteiger partial charge in [-0.3, -0.25) is 0 Å². The zero-order valence-corrected chi connectivity index (χ0v) is 16.7. The quantitative estimate of drug-likeness (QED) is 0.577. The van der Waals surface area contributed by atoms with Gasteiger partial charge in [-0.25, -0.2) is 9.78 Å². The van der Waals surface area contributed by atoms with E-state index in [-0.39, 0.29) is 5.97 Å². The lowest BCUT2D eigenvalue weighted by atomic mass is 9.89. The first-order valence-electron chi connectivity index (χ1n) is 10.4. The van der Waals surface area contributed by atoms with Gasteiger partial charge < -0.3 is 15.0 Å². The Morgan fingerprint density at radius 1 is 1.30 bits per heavy atom. The molecule has 5 nitrogen and oxygen atoms in total. The summed E-state index contributed by atoms with van der Waals surface area (Å²) >= 11 is 0. The molecule has 2 fully saturated rings. The molecule has 2 aliphatic rings. The molecule has 0 bridgehead atoms. The number of nitrogens with zero attached hydrogens (tertiary/aromatic N) is 2. The molecule has 1 saturated heterocycles. The highest BCUT2D eigenvalue weighted by Crippen LogP contribution is 2.26. The number of hydrogen-bond acceptors (Lipinski definition) is 5. The first kappa shape index (κ1) is 19.9. The summed E-state index contributed by atoms with van der Waals surface area (Å²) in [6.07, 6.45) is 11.9. The van der Waals surface area contributed by atoms with Crippen molar-refractivity contribution >= 4 is 17.9 Å². The summed E-state index contributed by atoms with van der Waals surface area (Å²) in [5.74, 6) is 1.54. The van der Waals surface area contributed by atoms with Crippen LogP contribution in [0.2, 0.25) is 0 Å². The summed E-state index contributed by atoms with van der Waals surface area (Å²) in [5.41, 5.74) is 1.50. The van der Waals surface area contributed by atoms with Crippen LogP contribution in [0.3, 0.4) is 0 Å². The number of anilines is 1. The molecule has 1 aromatic rings. The van der Waals surface area contributed by atoms with Crippen molar-refractivity contribution in [1.82, 2.24) is 9.88 Å². The van der Waals surface area contributed by atoms with Gasteiger partial charge in [-0.15, -0.1) is 0 Å². The molecule has 5 heteroatoms. The van der Waals surface area contributed by atoms with Crippen molar-refractivity contribution in [1.29, 1.82) is 0 Å². The predicted molar refractivity (Wildman–Crippen MR) is 110 cm³/mol. The highest BCUT2D eigenvalue weighted by molar-refractivity contribution is 5.92. The standard InChI is InChI=1S/C22H33N3O2/c1-3-27-22(26)17(2)13-19-9-10-21(23-14-19)24-20-11-12-25(16-20)15-18-7-5-4-6-8-18/h9-10,13-14,18,20H,3-8,11-12,15-16H2,1-2H3,(H,23,24)/t20-/m1/s1. The van der Waals surface area contributed by atoms with E-state index in [1.807, 2.05) is 25.1 Å². The Labute approximate surface area is 163 Å². The molecular weight excluding hydrogens is 338 g/mol. The van der Waals surface area contributed by atoms with Gasteiger partial charge in [0.2, 0.25) is 0 Å². The Morgan fingerprint density at radius 2 is 2.11 bits per heavy atom. The number of carbonyl (C=O) groups is 1. The monoisotopic (exact) mass is 371 g/mol. The van der Waals surface area contributed by atoms with Crippen LogP contribution in [0.5, 0.6) is 0 Å². The van der Waals surface area contributed by atoms with Gasteiger partial charge in [0.15, 0.2) is 0 Å². The third-order valence-electron chi connectivity index (χ3n) is 5.63. The molecule has 0 radical (unpaired) electrons. The molecular formula is C22H33N3O2. The molecule has 3 rings (SSSR count). The van der Waals surface area contributed by atoms with Crippen LogP contribution in [-0.2, 0) is 9.53 Å². The van der Waals surface area contributed by atoms with E-state index in [1.54, 1.807) is 13.1 Å². The lowest BCUT2D eigenvalue weighted by Gasteiger charge is -2.26. The number of nitrogens with one attached hydrogen (secondary N) is 1. The molecule has 2 heterocycles. The van der Waals surface area contributed by atoms with Gasteiger partial charge in [-0.1, -0.05) is 19.3 Å². The zero-order valence-electron chi connectivity index (χ0n) is 16.7. The fourth-order valence-electron chi connectivity index (χ4n) is 4.19. The van der Waals surface area contributed by atoms with Crippen LogP contribution in [0.4, 0.5) is 5.82 Å². The Bertz CT molecular complexity index is 635. The van der Waals surface area contributed by atoms with Crippen molar-refractivity contribution in [3.8, 4) is 0 Å². The van der Waals surface area contributed by atoms with Crippen LogP contribution in [0.25, 0.3) is 6.08 Å². The molecule has 1 N–H and O–H groups in total. The van der Waals surface area contributed by atoms with Crippen LogP contribution >= 0.6 is 0 Å². The van der Waals surface area contributed by atoms with Gasteiger partial charge >= 0.3 is 5.97 Å². The first-order chi connectivity index (χ1) is 13.1.